The largest absolute Gasteiger partial charge is 0.479 e. The highest BCUT2D eigenvalue weighted by atomic mass is 16.6. The molecule has 2 aromatic carbocycles. The molecule has 4 aliphatic rings. The van der Waals surface area contributed by atoms with E-state index >= 15 is 0 Å². The number of carbonyl (C=O) groups is 4. The number of benzene rings is 2. The molecule has 57 heavy (non-hydrogen) atoms. The minimum atomic E-state index is -1.71. The number of esters is 1. The molecule has 0 bridgehead atoms. The molecule has 0 spiro atoms. The Morgan fingerprint density at radius 1 is 0.596 bits per heavy atom. The summed E-state index contributed by atoms with van der Waals surface area (Å²) in [5.74, 6) is -2.05. The van der Waals surface area contributed by atoms with Gasteiger partial charge in [0.1, 0.15) is 17.3 Å². The molecule has 2 saturated carbocycles. The lowest BCUT2D eigenvalue weighted by atomic mass is 9.80. The number of carbonyl (C=O) groups excluding carboxylic acids is 3. The Balaban J connectivity index is 0.000000209. The van der Waals surface area contributed by atoms with Crippen LogP contribution >= 0.6 is 0 Å². The van der Waals surface area contributed by atoms with Crippen LogP contribution < -0.4 is 0 Å². The number of ether oxygens (including phenoxy) is 3. The second-order valence-corrected chi connectivity index (χ2v) is 17.6. The first kappa shape index (κ1) is 45.5. The highest BCUT2D eigenvalue weighted by Gasteiger charge is 2.49. The summed E-state index contributed by atoms with van der Waals surface area (Å²) in [5, 5.41) is 40.4. The zero-order chi connectivity index (χ0) is 42.0. The van der Waals surface area contributed by atoms with Crippen molar-refractivity contribution in [2.45, 2.75) is 140 Å². The lowest BCUT2D eigenvalue weighted by Crippen LogP contribution is -2.45. The van der Waals surface area contributed by atoms with Gasteiger partial charge < -0.3 is 44.4 Å². The van der Waals surface area contributed by atoms with Crippen molar-refractivity contribution in [1.82, 2.24) is 9.80 Å². The average Bonchev–Trinajstić information content (AvgIpc) is 4.00. The van der Waals surface area contributed by atoms with Crippen molar-refractivity contribution in [3.8, 4) is 0 Å². The number of aliphatic hydroxyl groups excluding tert-OH is 1. The Morgan fingerprint density at radius 2 is 1.00 bits per heavy atom. The van der Waals surface area contributed by atoms with Crippen molar-refractivity contribution in [2.75, 3.05) is 26.2 Å². The topological polar surface area (TPSA) is 183 Å². The summed E-state index contributed by atoms with van der Waals surface area (Å²) in [6.07, 6.45) is 6.85. The summed E-state index contributed by atoms with van der Waals surface area (Å²) < 4.78 is 16.3. The number of likely N-dealkylation sites (tertiary alicyclic amines) is 2. The van der Waals surface area contributed by atoms with Crippen molar-refractivity contribution >= 4 is 24.1 Å². The molecule has 13 nitrogen and oxygen atoms in total. The smallest absolute Gasteiger partial charge is 0.410 e. The highest BCUT2D eigenvalue weighted by Crippen LogP contribution is 2.42. The maximum absolute atomic E-state index is 13.1. The van der Waals surface area contributed by atoms with Crippen LogP contribution in [-0.2, 0) is 35.0 Å². The predicted molar refractivity (Wildman–Crippen MR) is 213 cm³/mol. The van der Waals surface area contributed by atoms with E-state index < -0.39 is 46.5 Å². The lowest BCUT2D eigenvalue weighted by Gasteiger charge is -2.33. The molecule has 13 heteroatoms. The lowest BCUT2D eigenvalue weighted by molar-refractivity contribution is -0.178. The molecule has 4 atom stereocenters. The Hall–Kier alpha value is -4.20. The van der Waals surface area contributed by atoms with E-state index in [4.69, 9.17) is 14.2 Å². The van der Waals surface area contributed by atoms with Crippen LogP contribution in [0.5, 0.6) is 0 Å². The molecule has 2 aromatic rings. The molecule has 2 heterocycles. The van der Waals surface area contributed by atoms with Crippen LogP contribution in [0, 0.1) is 11.8 Å². The molecule has 4 fully saturated rings. The minimum absolute atomic E-state index is 0.147. The Kier molecular flexibility index (Phi) is 15.6. The Morgan fingerprint density at radius 3 is 1.40 bits per heavy atom. The zero-order valence-electron chi connectivity index (χ0n) is 34.5. The van der Waals surface area contributed by atoms with Crippen molar-refractivity contribution < 1.29 is 53.8 Å². The number of hydrogen-bond acceptors (Lipinski definition) is 10. The fourth-order valence-corrected chi connectivity index (χ4v) is 7.92. The molecule has 0 radical (unpaired) electrons. The SMILES string of the molecule is CC(C)(C)OC(=O)N1CCC(O)C1.CC(C)(C)OC(=O)N1CC[C@@H](OC(=O)[C@](O)(c2ccccc2)C2CCCC2)C1.O=C(O)[C@](O)(c1ccccc1)C1CCCC1. The number of hydrogen-bond donors (Lipinski definition) is 4. The third-order valence-electron chi connectivity index (χ3n) is 10.8. The fraction of sp³-hybridized carbons (Fsp3) is 0.636. The van der Waals surface area contributed by atoms with Gasteiger partial charge >= 0.3 is 24.1 Å². The van der Waals surface area contributed by atoms with Gasteiger partial charge in [0.15, 0.2) is 11.2 Å². The van der Waals surface area contributed by atoms with Crippen LogP contribution in [0.2, 0.25) is 0 Å². The van der Waals surface area contributed by atoms with Gasteiger partial charge in [-0.05, 0) is 84.8 Å². The predicted octanol–water partition coefficient (Wildman–Crippen LogP) is 6.75. The molecule has 1 unspecified atom stereocenters. The normalized spacial score (nSPS) is 22.3. The first-order chi connectivity index (χ1) is 26.7. The molecule has 0 aromatic heterocycles. The van der Waals surface area contributed by atoms with E-state index in [1.165, 1.54) is 4.90 Å². The summed E-state index contributed by atoms with van der Waals surface area (Å²) in [4.78, 5) is 51.2. The van der Waals surface area contributed by atoms with Crippen LogP contribution in [0.3, 0.4) is 0 Å². The van der Waals surface area contributed by atoms with Gasteiger partial charge in [-0.25, -0.2) is 19.2 Å². The summed E-state index contributed by atoms with van der Waals surface area (Å²) in [6.45, 7) is 12.7. The van der Waals surface area contributed by atoms with E-state index in [2.05, 4.69) is 0 Å². The van der Waals surface area contributed by atoms with Gasteiger partial charge in [0.25, 0.3) is 0 Å². The van der Waals surface area contributed by atoms with Crippen LogP contribution in [0.4, 0.5) is 9.59 Å². The van der Waals surface area contributed by atoms with Crippen LogP contribution in [0.25, 0.3) is 0 Å². The first-order valence-corrected chi connectivity index (χ1v) is 20.4. The second kappa shape index (κ2) is 19.5. The van der Waals surface area contributed by atoms with E-state index in [1.807, 2.05) is 65.8 Å². The van der Waals surface area contributed by atoms with Gasteiger partial charge in [0.2, 0.25) is 0 Å². The first-order valence-electron chi connectivity index (χ1n) is 20.4. The minimum Gasteiger partial charge on any atom is -0.479 e. The summed E-state index contributed by atoms with van der Waals surface area (Å²) in [5.41, 5.74) is -3.30. The number of aliphatic carboxylic acids is 1. The van der Waals surface area contributed by atoms with E-state index in [9.17, 15) is 39.6 Å². The van der Waals surface area contributed by atoms with E-state index in [0.717, 1.165) is 51.4 Å². The van der Waals surface area contributed by atoms with Crippen molar-refractivity contribution in [1.29, 1.82) is 0 Å². The molecular weight excluding hydrogens is 732 g/mol. The standard InChI is InChI=1S/C22H31NO5.C13H16O3.C9H17NO3/c1-21(2,3)28-20(25)23-14-13-18(15-23)27-19(24)22(26,17-11-7-8-12-17)16-9-5-4-6-10-16;14-12(15)13(16,11-8-4-5-9-11)10-6-2-1-3-7-10;1-9(2,3)13-8(12)10-5-4-7(11)6-10/h4-6,9-10,17-18,26H,7-8,11-15H2,1-3H3;1-3,6-7,11,16H,4-5,8-9H2,(H,14,15);7,11H,4-6H2,1-3H3/t18-,22+;13-;/m10./s1. The molecule has 2 saturated heterocycles. The summed E-state index contributed by atoms with van der Waals surface area (Å²) >= 11 is 0. The Labute approximate surface area is 337 Å². The zero-order valence-corrected chi connectivity index (χ0v) is 34.5. The number of carboxylic acids is 1. The molecular formula is C44H64N2O11. The van der Waals surface area contributed by atoms with Gasteiger partial charge in [-0.15, -0.1) is 0 Å². The second-order valence-electron chi connectivity index (χ2n) is 17.6. The van der Waals surface area contributed by atoms with Crippen LogP contribution in [0.1, 0.15) is 117 Å². The fourth-order valence-electron chi connectivity index (χ4n) is 7.92. The quantitative estimate of drug-likeness (QED) is 0.172. The van der Waals surface area contributed by atoms with E-state index in [-0.39, 0.29) is 30.6 Å². The molecule has 2 aliphatic carbocycles. The van der Waals surface area contributed by atoms with Gasteiger partial charge in [-0.2, -0.15) is 0 Å². The van der Waals surface area contributed by atoms with Crippen molar-refractivity contribution in [3.05, 3.63) is 71.8 Å². The van der Waals surface area contributed by atoms with Gasteiger partial charge in [0.05, 0.1) is 12.6 Å². The van der Waals surface area contributed by atoms with E-state index in [0.29, 0.717) is 43.6 Å². The molecule has 2 amide bonds. The number of carboxylic acid groups (broad SMARTS) is 1. The molecule has 316 valence electrons. The van der Waals surface area contributed by atoms with Crippen molar-refractivity contribution in [3.63, 3.8) is 0 Å². The maximum Gasteiger partial charge on any atom is 0.410 e. The van der Waals surface area contributed by atoms with Gasteiger partial charge in [0, 0.05) is 37.9 Å². The number of nitrogens with zero attached hydrogens (tertiary/aromatic N) is 2. The number of amides is 2. The Bertz CT molecular complexity index is 1610. The third kappa shape index (κ3) is 12.4. The maximum atomic E-state index is 13.1. The molecule has 2 aliphatic heterocycles. The van der Waals surface area contributed by atoms with Gasteiger partial charge in [-0.3, -0.25) is 0 Å². The number of rotatable bonds is 7. The number of aliphatic hydroxyl groups is 3. The molecule has 6 rings (SSSR count). The van der Waals surface area contributed by atoms with E-state index in [1.54, 1.807) is 41.3 Å². The monoisotopic (exact) mass is 796 g/mol. The van der Waals surface area contributed by atoms with Gasteiger partial charge in [-0.1, -0.05) is 86.3 Å². The number of β-amino-alcohol motifs (C(OH)–C–C–N with tert-alkyl or cyclic N) is 1. The average molecular weight is 797 g/mol. The molecule has 4 N–H and O–H groups in total. The summed E-state index contributed by atoms with van der Waals surface area (Å²) in [7, 11) is 0. The van der Waals surface area contributed by atoms with Crippen LogP contribution in [-0.4, -0.2) is 104 Å². The van der Waals surface area contributed by atoms with Crippen molar-refractivity contribution in [2.24, 2.45) is 11.8 Å². The third-order valence-corrected chi connectivity index (χ3v) is 10.8. The summed E-state index contributed by atoms with van der Waals surface area (Å²) in [6, 6.07) is 17.8. The van der Waals surface area contributed by atoms with Crippen LogP contribution in [0.15, 0.2) is 60.7 Å². The highest BCUT2D eigenvalue weighted by molar-refractivity contribution is 5.82.